The zero-order valence-electron chi connectivity index (χ0n) is 10.9. The van der Waals surface area contributed by atoms with E-state index in [9.17, 15) is 9.59 Å². The van der Waals surface area contributed by atoms with Gasteiger partial charge in [-0.1, -0.05) is 0 Å². The fourth-order valence-electron chi connectivity index (χ4n) is 1.69. The maximum atomic E-state index is 11.9. The summed E-state index contributed by atoms with van der Waals surface area (Å²) in [6, 6.07) is 2.89. The zero-order chi connectivity index (χ0) is 14.5. The number of rotatable bonds is 5. The number of aliphatic carboxylic acids is 1. The Balaban J connectivity index is 2.02. The van der Waals surface area contributed by atoms with Gasteiger partial charge in [0.25, 0.3) is 5.91 Å². The summed E-state index contributed by atoms with van der Waals surface area (Å²) < 4.78 is 1.72. The minimum atomic E-state index is -0.952. The molecule has 2 aromatic rings. The van der Waals surface area contributed by atoms with Crippen molar-refractivity contribution in [3.05, 3.63) is 42.6 Å². The van der Waals surface area contributed by atoms with Gasteiger partial charge in [0.2, 0.25) is 0 Å². The number of hydrogen-bond acceptors (Lipinski definition) is 4. The third kappa shape index (κ3) is 3.41. The lowest BCUT2D eigenvalue weighted by atomic mass is 10.2. The minimum absolute atomic E-state index is 0.119. The third-order valence-corrected chi connectivity index (χ3v) is 2.64. The second kappa shape index (κ2) is 5.96. The van der Waals surface area contributed by atoms with Gasteiger partial charge in [-0.15, -0.1) is 0 Å². The second-order valence-corrected chi connectivity index (χ2v) is 4.35. The van der Waals surface area contributed by atoms with Crippen molar-refractivity contribution in [3.8, 4) is 5.82 Å². The quantitative estimate of drug-likeness (QED) is 0.842. The first-order valence-electron chi connectivity index (χ1n) is 6.03. The van der Waals surface area contributed by atoms with Crippen LogP contribution in [0.25, 0.3) is 5.82 Å². The van der Waals surface area contributed by atoms with Gasteiger partial charge in [-0.05, 0) is 19.1 Å². The number of nitrogens with one attached hydrogen (secondary N) is 1. The molecule has 7 nitrogen and oxygen atoms in total. The number of carbonyl (C=O) groups is 2. The van der Waals surface area contributed by atoms with E-state index in [0.29, 0.717) is 11.4 Å². The Hall–Kier alpha value is -2.70. The Labute approximate surface area is 115 Å². The van der Waals surface area contributed by atoms with E-state index in [2.05, 4.69) is 15.3 Å². The van der Waals surface area contributed by atoms with Gasteiger partial charge in [-0.25, -0.2) is 9.97 Å². The molecule has 1 amide bonds. The number of carboxylic acids is 1. The van der Waals surface area contributed by atoms with Crippen LogP contribution in [0, 0.1) is 0 Å². The van der Waals surface area contributed by atoms with E-state index >= 15 is 0 Å². The van der Waals surface area contributed by atoms with Crippen molar-refractivity contribution >= 4 is 11.9 Å². The van der Waals surface area contributed by atoms with Crippen molar-refractivity contribution < 1.29 is 14.7 Å². The van der Waals surface area contributed by atoms with Crippen molar-refractivity contribution in [1.29, 1.82) is 0 Å². The summed E-state index contributed by atoms with van der Waals surface area (Å²) in [4.78, 5) is 30.5. The van der Waals surface area contributed by atoms with E-state index in [1.165, 1.54) is 6.20 Å². The van der Waals surface area contributed by atoms with Crippen LogP contribution >= 0.6 is 0 Å². The summed E-state index contributed by atoms with van der Waals surface area (Å²) >= 11 is 0. The topological polar surface area (TPSA) is 97.1 Å². The van der Waals surface area contributed by atoms with Gasteiger partial charge in [-0.3, -0.25) is 14.2 Å². The van der Waals surface area contributed by atoms with E-state index in [0.717, 1.165) is 0 Å². The Bertz CT molecular complexity index is 593. The standard InChI is InChI=1S/C13H14N4O3/c1-9(6-12(18)19)16-13(20)10-2-3-11(15-7-10)17-5-4-14-8-17/h2-5,7-9H,6H2,1H3,(H,16,20)(H,18,19). The smallest absolute Gasteiger partial charge is 0.305 e. The molecular formula is C13H14N4O3. The molecular weight excluding hydrogens is 260 g/mol. The lowest BCUT2D eigenvalue weighted by Gasteiger charge is -2.11. The molecule has 0 aliphatic carbocycles. The molecule has 104 valence electrons. The molecule has 0 fully saturated rings. The molecule has 0 saturated carbocycles. The molecule has 0 aromatic carbocycles. The van der Waals surface area contributed by atoms with Crippen molar-refractivity contribution in [3.63, 3.8) is 0 Å². The van der Waals surface area contributed by atoms with E-state index in [-0.39, 0.29) is 12.3 Å². The Morgan fingerprint density at radius 3 is 2.80 bits per heavy atom. The van der Waals surface area contributed by atoms with Crippen LogP contribution in [-0.4, -0.2) is 37.6 Å². The van der Waals surface area contributed by atoms with Crippen LogP contribution in [0.5, 0.6) is 0 Å². The second-order valence-electron chi connectivity index (χ2n) is 4.35. The normalized spacial score (nSPS) is 11.8. The number of carboxylic acid groups (broad SMARTS) is 1. The average molecular weight is 274 g/mol. The average Bonchev–Trinajstić information content (AvgIpc) is 2.91. The molecule has 1 unspecified atom stereocenters. The van der Waals surface area contributed by atoms with Crippen LogP contribution in [0.15, 0.2) is 37.1 Å². The molecule has 1 atom stereocenters. The van der Waals surface area contributed by atoms with E-state index < -0.39 is 12.0 Å². The summed E-state index contributed by atoms with van der Waals surface area (Å²) in [6.07, 6.45) is 6.31. The van der Waals surface area contributed by atoms with Gasteiger partial charge in [0.1, 0.15) is 12.1 Å². The minimum Gasteiger partial charge on any atom is -0.481 e. The van der Waals surface area contributed by atoms with Crippen molar-refractivity contribution in [2.45, 2.75) is 19.4 Å². The monoisotopic (exact) mass is 274 g/mol. The number of hydrogen-bond donors (Lipinski definition) is 2. The highest BCUT2D eigenvalue weighted by Crippen LogP contribution is 2.06. The Morgan fingerprint density at radius 1 is 1.45 bits per heavy atom. The molecule has 0 aliphatic rings. The van der Waals surface area contributed by atoms with Crippen LogP contribution in [0.4, 0.5) is 0 Å². The molecule has 2 N–H and O–H groups in total. The summed E-state index contributed by atoms with van der Waals surface area (Å²) in [5.41, 5.74) is 0.381. The molecule has 2 rings (SSSR count). The van der Waals surface area contributed by atoms with E-state index in [4.69, 9.17) is 5.11 Å². The summed E-state index contributed by atoms with van der Waals surface area (Å²) in [5.74, 6) is -0.646. The van der Waals surface area contributed by atoms with Gasteiger partial charge in [-0.2, -0.15) is 0 Å². The Kier molecular flexibility index (Phi) is 4.09. The van der Waals surface area contributed by atoms with Gasteiger partial charge in [0, 0.05) is 24.6 Å². The van der Waals surface area contributed by atoms with Gasteiger partial charge < -0.3 is 10.4 Å². The zero-order valence-corrected chi connectivity index (χ0v) is 10.9. The SMILES string of the molecule is CC(CC(=O)O)NC(=O)c1ccc(-n2ccnc2)nc1. The van der Waals surface area contributed by atoms with Crippen molar-refractivity contribution in [1.82, 2.24) is 19.9 Å². The molecule has 0 bridgehead atoms. The van der Waals surface area contributed by atoms with Gasteiger partial charge >= 0.3 is 5.97 Å². The highest BCUT2D eigenvalue weighted by atomic mass is 16.4. The fraction of sp³-hybridized carbons (Fsp3) is 0.231. The lowest BCUT2D eigenvalue weighted by Crippen LogP contribution is -2.34. The molecule has 20 heavy (non-hydrogen) atoms. The number of aromatic nitrogens is 3. The van der Waals surface area contributed by atoms with E-state index in [1.807, 2.05) is 0 Å². The molecule has 2 heterocycles. The molecule has 7 heteroatoms. The van der Waals surface area contributed by atoms with Gasteiger partial charge in [0.05, 0.1) is 12.0 Å². The molecule has 0 aliphatic heterocycles. The first-order valence-corrected chi connectivity index (χ1v) is 6.03. The van der Waals surface area contributed by atoms with Gasteiger partial charge in [0.15, 0.2) is 0 Å². The number of amides is 1. The number of nitrogens with zero attached hydrogens (tertiary/aromatic N) is 3. The van der Waals surface area contributed by atoms with Crippen molar-refractivity contribution in [2.24, 2.45) is 0 Å². The summed E-state index contributed by atoms with van der Waals surface area (Å²) in [7, 11) is 0. The van der Waals surface area contributed by atoms with Crippen LogP contribution in [-0.2, 0) is 4.79 Å². The number of imidazole rings is 1. The van der Waals surface area contributed by atoms with Crippen molar-refractivity contribution in [2.75, 3.05) is 0 Å². The first kappa shape index (κ1) is 13.7. The van der Waals surface area contributed by atoms with Crippen LogP contribution in [0.2, 0.25) is 0 Å². The number of pyridine rings is 1. The fourth-order valence-corrected chi connectivity index (χ4v) is 1.69. The predicted molar refractivity (Wildman–Crippen MR) is 70.5 cm³/mol. The summed E-state index contributed by atoms with van der Waals surface area (Å²) in [5, 5.41) is 11.2. The third-order valence-electron chi connectivity index (χ3n) is 2.64. The van der Waals surface area contributed by atoms with Crippen LogP contribution in [0.1, 0.15) is 23.7 Å². The number of carbonyl (C=O) groups excluding carboxylic acids is 1. The van der Waals surface area contributed by atoms with E-state index in [1.54, 1.807) is 42.3 Å². The Morgan fingerprint density at radius 2 is 2.25 bits per heavy atom. The molecule has 0 saturated heterocycles. The highest BCUT2D eigenvalue weighted by Gasteiger charge is 2.12. The molecule has 0 spiro atoms. The maximum absolute atomic E-state index is 11.9. The summed E-state index contributed by atoms with van der Waals surface area (Å²) in [6.45, 7) is 1.64. The molecule has 2 aromatic heterocycles. The highest BCUT2D eigenvalue weighted by molar-refractivity contribution is 5.94. The largest absolute Gasteiger partial charge is 0.481 e. The maximum Gasteiger partial charge on any atom is 0.305 e. The molecule has 0 radical (unpaired) electrons. The van der Waals surface area contributed by atoms with Crippen LogP contribution in [0.3, 0.4) is 0 Å². The predicted octanol–water partition coefficient (Wildman–Crippen LogP) is 0.860. The lowest BCUT2D eigenvalue weighted by molar-refractivity contribution is -0.137. The first-order chi connectivity index (χ1) is 9.56. The van der Waals surface area contributed by atoms with Crippen LogP contribution < -0.4 is 5.32 Å².